The normalized spacial score (nSPS) is 14.3. The Labute approximate surface area is 154 Å². The highest BCUT2D eigenvalue weighted by Gasteiger charge is 2.23. The molecule has 0 bridgehead atoms. The lowest BCUT2D eigenvalue weighted by Gasteiger charge is -2.37. The fourth-order valence-corrected chi connectivity index (χ4v) is 3.43. The van der Waals surface area contributed by atoms with Gasteiger partial charge in [0.25, 0.3) is 0 Å². The molecule has 3 rings (SSSR count). The van der Waals surface area contributed by atoms with Crippen molar-refractivity contribution in [3.63, 3.8) is 0 Å². The number of hydrogen-bond donors (Lipinski definition) is 1. The molecule has 1 heterocycles. The zero-order chi connectivity index (χ0) is 18.7. The Morgan fingerprint density at radius 2 is 1.46 bits per heavy atom. The van der Waals surface area contributed by atoms with Crippen molar-refractivity contribution in [3.05, 3.63) is 59.2 Å². The molecular weight excluding hydrogens is 326 g/mol. The van der Waals surface area contributed by atoms with Gasteiger partial charge >= 0.3 is 6.03 Å². The van der Waals surface area contributed by atoms with E-state index < -0.39 is 0 Å². The molecule has 5 nitrogen and oxygen atoms in total. The molecule has 0 saturated carbocycles. The van der Waals surface area contributed by atoms with E-state index in [2.05, 4.69) is 42.3 Å². The van der Waals surface area contributed by atoms with Crippen LogP contribution in [0.4, 0.5) is 16.2 Å². The molecule has 5 heteroatoms. The third-order valence-electron chi connectivity index (χ3n) is 4.87. The Bertz CT molecular complexity index is 786. The fraction of sp³-hybridized carbons (Fsp3) is 0.333. The number of ketones is 1. The summed E-state index contributed by atoms with van der Waals surface area (Å²) in [6, 6.07) is 13.2. The topological polar surface area (TPSA) is 52.7 Å². The van der Waals surface area contributed by atoms with Gasteiger partial charge < -0.3 is 15.1 Å². The second-order valence-electron chi connectivity index (χ2n) is 6.78. The first-order valence-electron chi connectivity index (χ1n) is 8.94. The van der Waals surface area contributed by atoms with Gasteiger partial charge in [-0.15, -0.1) is 0 Å². The van der Waals surface area contributed by atoms with Crippen molar-refractivity contribution in [3.8, 4) is 0 Å². The number of amides is 2. The summed E-state index contributed by atoms with van der Waals surface area (Å²) in [5.41, 5.74) is 5.18. The highest BCUT2D eigenvalue weighted by Crippen LogP contribution is 2.25. The summed E-state index contributed by atoms with van der Waals surface area (Å²) in [6.45, 7) is 8.81. The van der Waals surface area contributed by atoms with Crippen molar-refractivity contribution in [1.29, 1.82) is 0 Å². The number of para-hydroxylation sites is 1. The highest BCUT2D eigenvalue weighted by molar-refractivity contribution is 5.95. The number of piperazine rings is 1. The number of hydrogen-bond acceptors (Lipinski definition) is 3. The van der Waals surface area contributed by atoms with Crippen LogP contribution < -0.4 is 10.2 Å². The Kier molecular flexibility index (Phi) is 5.26. The molecule has 0 aliphatic carbocycles. The summed E-state index contributed by atoms with van der Waals surface area (Å²) in [4.78, 5) is 28.0. The summed E-state index contributed by atoms with van der Waals surface area (Å²) in [5.74, 6) is 0.0190. The van der Waals surface area contributed by atoms with Crippen LogP contribution in [-0.4, -0.2) is 42.9 Å². The van der Waals surface area contributed by atoms with E-state index in [9.17, 15) is 9.59 Å². The molecule has 1 aliphatic rings. The minimum Gasteiger partial charge on any atom is -0.368 e. The van der Waals surface area contributed by atoms with E-state index in [4.69, 9.17) is 0 Å². The van der Waals surface area contributed by atoms with Crippen molar-refractivity contribution in [2.45, 2.75) is 20.8 Å². The maximum atomic E-state index is 12.5. The maximum Gasteiger partial charge on any atom is 0.321 e. The quantitative estimate of drug-likeness (QED) is 0.855. The van der Waals surface area contributed by atoms with Crippen molar-refractivity contribution in [1.82, 2.24) is 4.90 Å². The molecule has 0 spiro atoms. The molecule has 2 aromatic carbocycles. The number of anilines is 2. The Morgan fingerprint density at radius 3 is 2.00 bits per heavy atom. The van der Waals surface area contributed by atoms with Gasteiger partial charge in [-0.05, 0) is 56.2 Å². The third kappa shape index (κ3) is 3.87. The van der Waals surface area contributed by atoms with Crippen molar-refractivity contribution in [2.24, 2.45) is 0 Å². The molecule has 0 unspecified atom stereocenters. The van der Waals surface area contributed by atoms with E-state index in [1.54, 1.807) is 24.3 Å². The van der Waals surface area contributed by atoms with Crippen molar-refractivity contribution < 1.29 is 9.59 Å². The monoisotopic (exact) mass is 351 g/mol. The van der Waals surface area contributed by atoms with Crippen LogP contribution in [0.3, 0.4) is 0 Å². The van der Waals surface area contributed by atoms with Gasteiger partial charge in [0, 0.05) is 43.1 Å². The SMILES string of the molecule is CC(=O)c1ccc(NC(=O)N2CCN(c3c(C)cccc3C)CC2)cc1. The number of Topliss-reactive ketones (excluding diaryl/α,β-unsaturated/α-hetero) is 1. The van der Waals surface area contributed by atoms with Crippen molar-refractivity contribution in [2.75, 3.05) is 36.4 Å². The second kappa shape index (κ2) is 7.60. The molecule has 1 aliphatic heterocycles. The van der Waals surface area contributed by atoms with Gasteiger partial charge in [-0.2, -0.15) is 0 Å². The van der Waals surface area contributed by atoms with Crippen LogP contribution in [0.5, 0.6) is 0 Å². The lowest BCUT2D eigenvalue weighted by atomic mass is 10.1. The molecule has 26 heavy (non-hydrogen) atoms. The number of nitrogens with zero attached hydrogens (tertiary/aromatic N) is 2. The van der Waals surface area contributed by atoms with E-state index >= 15 is 0 Å². The van der Waals surface area contributed by atoms with Crippen LogP contribution in [-0.2, 0) is 0 Å². The summed E-state index contributed by atoms with van der Waals surface area (Å²) in [6.07, 6.45) is 0. The van der Waals surface area contributed by atoms with Crippen LogP contribution in [0.2, 0.25) is 0 Å². The van der Waals surface area contributed by atoms with Crippen LogP contribution in [0.15, 0.2) is 42.5 Å². The standard InChI is InChI=1S/C21H25N3O2/c1-15-5-4-6-16(2)20(15)23-11-13-24(14-12-23)21(26)22-19-9-7-18(8-10-19)17(3)25/h4-10H,11-14H2,1-3H3,(H,22,26). The number of nitrogens with one attached hydrogen (secondary N) is 1. The summed E-state index contributed by atoms with van der Waals surface area (Å²) in [7, 11) is 0. The smallest absolute Gasteiger partial charge is 0.321 e. The molecule has 0 atom stereocenters. The van der Waals surface area contributed by atoms with E-state index in [0.717, 1.165) is 13.1 Å². The van der Waals surface area contributed by atoms with Crippen LogP contribution in [0, 0.1) is 13.8 Å². The molecule has 136 valence electrons. The van der Waals surface area contributed by atoms with E-state index in [0.29, 0.717) is 24.3 Å². The van der Waals surface area contributed by atoms with E-state index in [1.165, 1.54) is 23.7 Å². The first-order chi connectivity index (χ1) is 12.5. The van der Waals surface area contributed by atoms with E-state index in [1.807, 2.05) is 4.90 Å². The zero-order valence-corrected chi connectivity index (χ0v) is 15.6. The first kappa shape index (κ1) is 18.0. The van der Waals surface area contributed by atoms with Gasteiger partial charge in [0.2, 0.25) is 0 Å². The molecule has 1 fully saturated rings. The molecule has 0 aromatic heterocycles. The number of benzene rings is 2. The first-order valence-corrected chi connectivity index (χ1v) is 8.94. The van der Waals surface area contributed by atoms with Gasteiger partial charge in [0.1, 0.15) is 0 Å². The predicted molar refractivity (Wildman–Crippen MR) is 105 cm³/mol. The fourth-order valence-electron chi connectivity index (χ4n) is 3.43. The number of rotatable bonds is 3. The largest absolute Gasteiger partial charge is 0.368 e. The molecule has 2 amide bonds. The summed E-state index contributed by atoms with van der Waals surface area (Å²) in [5, 5.41) is 2.91. The zero-order valence-electron chi connectivity index (χ0n) is 15.6. The lowest BCUT2D eigenvalue weighted by molar-refractivity contribution is 0.101. The average Bonchev–Trinajstić information content (AvgIpc) is 2.62. The second-order valence-corrected chi connectivity index (χ2v) is 6.78. The average molecular weight is 351 g/mol. The minimum absolute atomic E-state index is 0.0190. The maximum absolute atomic E-state index is 12.5. The molecule has 0 radical (unpaired) electrons. The van der Waals surface area contributed by atoms with Crippen LogP contribution in [0.25, 0.3) is 0 Å². The van der Waals surface area contributed by atoms with Crippen molar-refractivity contribution >= 4 is 23.2 Å². The number of carbonyl (C=O) groups excluding carboxylic acids is 2. The minimum atomic E-state index is -0.0956. The Balaban J connectivity index is 1.59. The Morgan fingerprint density at radius 1 is 0.885 bits per heavy atom. The molecular formula is C21H25N3O2. The summed E-state index contributed by atoms with van der Waals surface area (Å²) < 4.78 is 0. The van der Waals surface area contributed by atoms with Gasteiger partial charge in [-0.25, -0.2) is 4.79 Å². The van der Waals surface area contributed by atoms with Gasteiger partial charge in [-0.1, -0.05) is 18.2 Å². The Hall–Kier alpha value is -2.82. The number of aryl methyl sites for hydroxylation is 2. The third-order valence-corrected chi connectivity index (χ3v) is 4.87. The summed E-state index contributed by atoms with van der Waals surface area (Å²) >= 11 is 0. The highest BCUT2D eigenvalue weighted by atomic mass is 16.2. The molecule has 2 aromatic rings. The van der Waals surface area contributed by atoms with Crippen LogP contribution in [0.1, 0.15) is 28.4 Å². The van der Waals surface area contributed by atoms with Crippen LogP contribution >= 0.6 is 0 Å². The van der Waals surface area contributed by atoms with Gasteiger partial charge in [0.05, 0.1) is 0 Å². The van der Waals surface area contributed by atoms with Gasteiger partial charge in [0.15, 0.2) is 5.78 Å². The molecule has 1 saturated heterocycles. The number of carbonyl (C=O) groups is 2. The van der Waals surface area contributed by atoms with E-state index in [-0.39, 0.29) is 11.8 Å². The number of urea groups is 1. The predicted octanol–water partition coefficient (Wildman–Crippen LogP) is 3.86. The lowest BCUT2D eigenvalue weighted by Crippen LogP contribution is -2.50. The molecule has 1 N–H and O–H groups in total. The van der Waals surface area contributed by atoms with Gasteiger partial charge in [-0.3, -0.25) is 4.79 Å².